The summed E-state index contributed by atoms with van der Waals surface area (Å²) in [5, 5.41) is 2.87. The Balaban J connectivity index is 1.50. The molecule has 2 aliphatic heterocycles. The van der Waals surface area contributed by atoms with Gasteiger partial charge >= 0.3 is 6.03 Å². The van der Waals surface area contributed by atoms with Crippen molar-refractivity contribution in [2.75, 3.05) is 26.2 Å². The third-order valence-corrected chi connectivity index (χ3v) is 4.82. The molecule has 2 saturated heterocycles. The number of urea groups is 1. The molecule has 0 aromatic carbocycles. The number of hydrogen-bond acceptors (Lipinski definition) is 4. The van der Waals surface area contributed by atoms with Gasteiger partial charge in [-0.3, -0.25) is 14.1 Å². The molecule has 1 N–H and O–H groups in total. The molecule has 2 aromatic rings. The molecule has 7 heteroatoms. The molecule has 2 fully saturated rings. The molecular formula is C17H21N5O2. The van der Waals surface area contributed by atoms with Gasteiger partial charge in [0.1, 0.15) is 5.65 Å². The summed E-state index contributed by atoms with van der Waals surface area (Å²) < 4.78 is 1.55. The highest BCUT2D eigenvalue weighted by Gasteiger charge is 2.31. The summed E-state index contributed by atoms with van der Waals surface area (Å²) in [6.45, 7) is 3.98. The van der Waals surface area contributed by atoms with Crippen LogP contribution < -0.4 is 10.9 Å². The average molecular weight is 327 g/mol. The molecule has 0 spiro atoms. The lowest BCUT2D eigenvalue weighted by molar-refractivity contribution is 0.121. The molecule has 126 valence electrons. The Labute approximate surface area is 139 Å². The molecule has 0 aliphatic carbocycles. The Hall–Kier alpha value is -2.41. The SMILES string of the molecule is O=C1NCCN1C1CCCN(Cc2cc(=O)n3ccccc3n2)C1. The molecule has 1 atom stereocenters. The number of fused-ring (bicyclic) bond motifs is 1. The maximum atomic E-state index is 12.2. The second kappa shape index (κ2) is 6.24. The van der Waals surface area contributed by atoms with Gasteiger partial charge in [0.25, 0.3) is 5.56 Å². The van der Waals surface area contributed by atoms with Gasteiger partial charge in [-0.05, 0) is 31.5 Å². The van der Waals surface area contributed by atoms with E-state index in [1.165, 1.54) is 0 Å². The quantitative estimate of drug-likeness (QED) is 0.900. The van der Waals surface area contributed by atoms with E-state index in [0.717, 1.165) is 44.7 Å². The molecule has 0 bridgehead atoms. The minimum atomic E-state index is -0.0527. The van der Waals surface area contributed by atoms with Crippen molar-refractivity contribution in [1.82, 2.24) is 24.5 Å². The second-order valence-corrected chi connectivity index (χ2v) is 6.47. The maximum Gasteiger partial charge on any atom is 0.317 e. The summed E-state index contributed by atoms with van der Waals surface area (Å²) in [5.41, 5.74) is 1.41. The van der Waals surface area contributed by atoms with Crippen LogP contribution in [-0.4, -0.2) is 57.4 Å². The average Bonchev–Trinajstić information content (AvgIpc) is 3.01. The predicted octanol–water partition coefficient (Wildman–Crippen LogP) is 0.684. The van der Waals surface area contributed by atoms with Crippen molar-refractivity contribution in [1.29, 1.82) is 0 Å². The predicted molar refractivity (Wildman–Crippen MR) is 89.9 cm³/mol. The van der Waals surface area contributed by atoms with E-state index in [-0.39, 0.29) is 17.6 Å². The van der Waals surface area contributed by atoms with Gasteiger partial charge in [-0.2, -0.15) is 0 Å². The third-order valence-electron chi connectivity index (χ3n) is 4.82. The number of carbonyl (C=O) groups is 1. The van der Waals surface area contributed by atoms with Gasteiger partial charge in [0.05, 0.1) is 5.69 Å². The molecule has 0 saturated carbocycles. The van der Waals surface area contributed by atoms with Crippen molar-refractivity contribution in [3.8, 4) is 0 Å². The van der Waals surface area contributed by atoms with Crippen LogP contribution in [0.1, 0.15) is 18.5 Å². The fourth-order valence-electron chi connectivity index (χ4n) is 3.68. The number of likely N-dealkylation sites (tertiary alicyclic amines) is 1. The van der Waals surface area contributed by atoms with Crippen molar-refractivity contribution in [3.05, 3.63) is 46.5 Å². The molecule has 2 amide bonds. The summed E-state index contributed by atoms with van der Waals surface area (Å²) in [6.07, 6.45) is 3.83. The van der Waals surface area contributed by atoms with E-state index in [1.54, 1.807) is 16.7 Å². The number of aromatic nitrogens is 2. The molecule has 2 aromatic heterocycles. The van der Waals surface area contributed by atoms with E-state index in [2.05, 4.69) is 15.2 Å². The van der Waals surface area contributed by atoms with Crippen molar-refractivity contribution in [2.45, 2.75) is 25.4 Å². The fraction of sp³-hybridized carbons (Fsp3) is 0.471. The Bertz CT molecular complexity index is 818. The molecule has 24 heavy (non-hydrogen) atoms. The first-order valence-corrected chi connectivity index (χ1v) is 8.45. The smallest absolute Gasteiger partial charge is 0.317 e. The summed E-state index contributed by atoms with van der Waals surface area (Å²) in [4.78, 5) is 32.9. The van der Waals surface area contributed by atoms with E-state index >= 15 is 0 Å². The lowest BCUT2D eigenvalue weighted by Gasteiger charge is -2.36. The normalized spacial score (nSPS) is 22.1. The van der Waals surface area contributed by atoms with Gasteiger partial charge in [0.2, 0.25) is 0 Å². The standard InChI is InChI=1S/C17H21N5O2/c23-16-10-13(19-15-5-1-2-8-22(15)16)11-20-7-3-4-14(12-20)21-9-6-18-17(21)24/h1-2,5,8,10,14H,3-4,6-7,9,11-12H2,(H,18,24). The van der Waals surface area contributed by atoms with Gasteiger partial charge in [-0.1, -0.05) is 6.07 Å². The molecule has 2 aliphatic rings. The second-order valence-electron chi connectivity index (χ2n) is 6.47. The maximum absolute atomic E-state index is 12.2. The Morgan fingerprint density at radius 1 is 1.25 bits per heavy atom. The Kier molecular flexibility index (Phi) is 3.93. The number of rotatable bonds is 3. The molecule has 1 unspecified atom stereocenters. The summed E-state index contributed by atoms with van der Waals surface area (Å²) in [7, 11) is 0. The topological polar surface area (TPSA) is 70.0 Å². The van der Waals surface area contributed by atoms with Crippen LogP contribution in [0.5, 0.6) is 0 Å². The molecule has 7 nitrogen and oxygen atoms in total. The van der Waals surface area contributed by atoms with E-state index in [1.807, 2.05) is 23.1 Å². The first-order valence-electron chi connectivity index (χ1n) is 8.45. The third kappa shape index (κ3) is 2.87. The lowest BCUT2D eigenvalue weighted by Crippen LogP contribution is -2.48. The zero-order chi connectivity index (χ0) is 16.5. The monoisotopic (exact) mass is 327 g/mol. The minimum absolute atomic E-state index is 0.0453. The number of amides is 2. The molecular weight excluding hydrogens is 306 g/mol. The minimum Gasteiger partial charge on any atom is -0.336 e. The van der Waals surface area contributed by atoms with E-state index in [4.69, 9.17) is 0 Å². The van der Waals surface area contributed by atoms with E-state index in [9.17, 15) is 9.59 Å². The van der Waals surface area contributed by atoms with Crippen LogP contribution in [0.3, 0.4) is 0 Å². The van der Waals surface area contributed by atoms with Crippen molar-refractivity contribution >= 4 is 11.7 Å². The zero-order valence-corrected chi connectivity index (χ0v) is 13.5. The highest BCUT2D eigenvalue weighted by molar-refractivity contribution is 5.76. The van der Waals surface area contributed by atoms with Crippen LogP contribution >= 0.6 is 0 Å². The van der Waals surface area contributed by atoms with Gasteiger partial charge in [-0.25, -0.2) is 9.78 Å². The first-order chi connectivity index (χ1) is 11.7. The van der Waals surface area contributed by atoms with Crippen LogP contribution in [0.15, 0.2) is 35.3 Å². The highest BCUT2D eigenvalue weighted by Crippen LogP contribution is 2.19. The van der Waals surface area contributed by atoms with Crippen molar-refractivity contribution < 1.29 is 4.79 Å². The Morgan fingerprint density at radius 3 is 3.00 bits per heavy atom. The van der Waals surface area contributed by atoms with Crippen LogP contribution in [0, 0.1) is 0 Å². The largest absolute Gasteiger partial charge is 0.336 e. The van der Waals surface area contributed by atoms with Crippen LogP contribution in [0.25, 0.3) is 5.65 Å². The highest BCUT2D eigenvalue weighted by atomic mass is 16.2. The number of hydrogen-bond donors (Lipinski definition) is 1. The van der Waals surface area contributed by atoms with Crippen LogP contribution in [-0.2, 0) is 6.54 Å². The van der Waals surface area contributed by atoms with E-state index < -0.39 is 0 Å². The summed E-state index contributed by atoms with van der Waals surface area (Å²) in [6, 6.07) is 7.46. The Morgan fingerprint density at radius 2 is 2.17 bits per heavy atom. The summed E-state index contributed by atoms with van der Waals surface area (Å²) in [5.74, 6) is 0. The van der Waals surface area contributed by atoms with Crippen LogP contribution in [0.4, 0.5) is 4.79 Å². The fourth-order valence-corrected chi connectivity index (χ4v) is 3.68. The lowest BCUT2D eigenvalue weighted by atomic mass is 10.0. The zero-order valence-electron chi connectivity index (χ0n) is 13.5. The van der Waals surface area contributed by atoms with Gasteiger partial charge < -0.3 is 10.2 Å². The van der Waals surface area contributed by atoms with Crippen molar-refractivity contribution in [3.63, 3.8) is 0 Å². The molecule has 4 rings (SSSR count). The number of nitrogens with one attached hydrogen (secondary N) is 1. The number of nitrogens with zero attached hydrogens (tertiary/aromatic N) is 4. The van der Waals surface area contributed by atoms with Gasteiger partial charge in [0.15, 0.2) is 0 Å². The first kappa shape index (κ1) is 15.1. The van der Waals surface area contributed by atoms with E-state index in [0.29, 0.717) is 12.2 Å². The molecule has 4 heterocycles. The number of carbonyl (C=O) groups excluding carboxylic acids is 1. The number of piperidine rings is 1. The number of pyridine rings is 1. The summed E-state index contributed by atoms with van der Waals surface area (Å²) >= 11 is 0. The molecule has 0 radical (unpaired) electrons. The van der Waals surface area contributed by atoms with Gasteiger partial charge in [0, 0.05) is 44.5 Å². The van der Waals surface area contributed by atoms with Gasteiger partial charge in [-0.15, -0.1) is 0 Å². The van der Waals surface area contributed by atoms with Crippen molar-refractivity contribution in [2.24, 2.45) is 0 Å². The van der Waals surface area contributed by atoms with Crippen LogP contribution in [0.2, 0.25) is 0 Å².